The number of carbonyl (C=O) groups is 1. The van der Waals surface area contributed by atoms with E-state index in [2.05, 4.69) is 0 Å². The Balaban J connectivity index is 2.28. The van der Waals surface area contributed by atoms with Crippen LogP contribution >= 0.6 is 0 Å². The van der Waals surface area contributed by atoms with Gasteiger partial charge < -0.3 is 9.53 Å². The molecule has 74 valence electrons. The summed E-state index contributed by atoms with van der Waals surface area (Å²) in [6.45, 7) is -0.0734. The normalized spacial score (nSPS) is 43.9. The molecule has 1 saturated heterocycles. The summed E-state index contributed by atoms with van der Waals surface area (Å²) in [6.07, 6.45) is -3.68. The number of ether oxygens (including phenoxy) is 1. The van der Waals surface area contributed by atoms with Crippen LogP contribution in [0.3, 0.4) is 0 Å². The van der Waals surface area contributed by atoms with E-state index in [-0.39, 0.29) is 19.4 Å². The third-order valence-corrected chi connectivity index (χ3v) is 3.07. The first kappa shape index (κ1) is 8.99. The van der Waals surface area contributed by atoms with Gasteiger partial charge in [-0.1, -0.05) is 0 Å². The molecule has 2 atom stereocenters. The summed E-state index contributed by atoms with van der Waals surface area (Å²) in [5.74, 6) is 0. The van der Waals surface area contributed by atoms with Gasteiger partial charge in [0.15, 0.2) is 5.60 Å². The summed E-state index contributed by atoms with van der Waals surface area (Å²) < 4.78 is 42.3. The summed E-state index contributed by atoms with van der Waals surface area (Å²) in [6, 6.07) is 0. The molecule has 1 aliphatic heterocycles. The average molecular weight is 194 g/mol. The van der Waals surface area contributed by atoms with Crippen molar-refractivity contribution < 1.29 is 22.7 Å². The van der Waals surface area contributed by atoms with Crippen LogP contribution in [0.4, 0.5) is 13.2 Å². The second-order valence-corrected chi connectivity index (χ2v) is 3.94. The minimum absolute atomic E-state index is 0.0734. The lowest BCUT2D eigenvalue weighted by atomic mass is 9.89. The monoisotopic (exact) mass is 194 g/mol. The van der Waals surface area contributed by atoms with Crippen molar-refractivity contribution in [2.24, 2.45) is 5.41 Å². The highest BCUT2D eigenvalue weighted by Crippen LogP contribution is 2.58. The van der Waals surface area contributed by atoms with Crippen molar-refractivity contribution in [1.82, 2.24) is 0 Å². The zero-order valence-corrected chi connectivity index (χ0v) is 6.86. The second kappa shape index (κ2) is 2.26. The largest absolute Gasteiger partial charge is 0.417 e. The zero-order chi connectivity index (χ0) is 9.74. The van der Waals surface area contributed by atoms with Crippen LogP contribution in [0.15, 0.2) is 0 Å². The zero-order valence-electron chi connectivity index (χ0n) is 6.86. The molecule has 0 radical (unpaired) electrons. The van der Waals surface area contributed by atoms with Crippen LogP contribution in [0, 0.1) is 5.41 Å². The Labute approximate surface area is 73.1 Å². The molecule has 1 heterocycles. The van der Waals surface area contributed by atoms with Crippen LogP contribution in [0.1, 0.15) is 19.3 Å². The van der Waals surface area contributed by atoms with Crippen molar-refractivity contribution in [1.29, 1.82) is 0 Å². The van der Waals surface area contributed by atoms with Gasteiger partial charge in [-0.25, -0.2) is 0 Å². The van der Waals surface area contributed by atoms with E-state index in [1.807, 2.05) is 0 Å². The number of hydrogen-bond donors (Lipinski definition) is 0. The molecule has 5 heteroatoms. The molecule has 0 aromatic carbocycles. The molecule has 0 aromatic rings. The van der Waals surface area contributed by atoms with Gasteiger partial charge in [0.1, 0.15) is 6.29 Å². The molecule has 1 saturated carbocycles. The third-order valence-electron chi connectivity index (χ3n) is 3.07. The van der Waals surface area contributed by atoms with Crippen molar-refractivity contribution in [3.63, 3.8) is 0 Å². The molecule has 2 aliphatic rings. The van der Waals surface area contributed by atoms with Crippen LogP contribution in [0.25, 0.3) is 0 Å². The number of rotatable bonds is 1. The molecule has 2 nitrogen and oxygen atoms in total. The Bertz CT molecular complexity index is 238. The highest BCUT2D eigenvalue weighted by atomic mass is 19.4. The van der Waals surface area contributed by atoms with Gasteiger partial charge in [0.05, 0.1) is 12.0 Å². The quantitative estimate of drug-likeness (QED) is 0.594. The lowest BCUT2D eigenvalue weighted by Gasteiger charge is -2.29. The molecule has 2 bridgehead atoms. The molecule has 2 fully saturated rings. The lowest BCUT2D eigenvalue weighted by Crippen LogP contribution is -2.43. The number of hydrogen-bond acceptors (Lipinski definition) is 2. The van der Waals surface area contributed by atoms with Crippen LogP contribution < -0.4 is 0 Å². The van der Waals surface area contributed by atoms with Crippen molar-refractivity contribution in [2.45, 2.75) is 31.0 Å². The molecular weight excluding hydrogens is 185 g/mol. The summed E-state index contributed by atoms with van der Waals surface area (Å²) in [7, 11) is 0. The number of carbonyl (C=O) groups excluding carboxylic acids is 1. The molecule has 13 heavy (non-hydrogen) atoms. The first-order valence-electron chi connectivity index (χ1n) is 4.10. The van der Waals surface area contributed by atoms with E-state index in [4.69, 9.17) is 4.74 Å². The Hall–Kier alpha value is -0.580. The number of aldehydes is 1. The fourth-order valence-corrected chi connectivity index (χ4v) is 2.18. The van der Waals surface area contributed by atoms with Crippen LogP contribution in [0.2, 0.25) is 0 Å². The Morgan fingerprint density at radius 1 is 1.31 bits per heavy atom. The van der Waals surface area contributed by atoms with Gasteiger partial charge in [-0.15, -0.1) is 0 Å². The minimum atomic E-state index is -4.34. The maximum Gasteiger partial charge on any atom is 0.417 e. The summed E-state index contributed by atoms with van der Waals surface area (Å²) in [4.78, 5) is 10.6. The average Bonchev–Trinajstić information content (AvgIpc) is 2.60. The van der Waals surface area contributed by atoms with E-state index in [0.29, 0.717) is 12.7 Å². The molecule has 0 spiro atoms. The van der Waals surface area contributed by atoms with Crippen LogP contribution in [0.5, 0.6) is 0 Å². The summed E-state index contributed by atoms with van der Waals surface area (Å²) in [5, 5.41) is 0. The van der Waals surface area contributed by atoms with Crippen molar-refractivity contribution in [3.8, 4) is 0 Å². The van der Waals surface area contributed by atoms with E-state index in [0.717, 1.165) is 0 Å². The van der Waals surface area contributed by atoms with Gasteiger partial charge in [-0.3, -0.25) is 0 Å². The fourth-order valence-electron chi connectivity index (χ4n) is 2.18. The smallest absolute Gasteiger partial charge is 0.364 e. The standard InChI is InChI=1S/C8H9F3O2/c9-8(10,11)7-2-1-6(3-7,4-12)5-13-7/h4H,1-3,5H2. The molecule has 2 rings (SSSR count). The predicted molar refractivity (Wildman–Crippen MR) is 37.1 cm³/mol. The van der Waals surface area contributed by atoms with Crippen molar-refractivity contribution in [2.75, 3.05) is 6.61 Å². The van der Waals surface area contributed by atoms with E-state index in [1.54, 1.807) is 0 Å². The molecular formula is C8H9F3O2. The van der Waals surface area contributed by atoms with Crippen molar-refractivity contribution in [3.05, 3.63) is 0 Å². The van der Waals surface area contributed by atoms with Gasteiger partial charge in [0, 0.05) is 0 Å². The third kappa shape index (κ3) is 1.03. The molecule has 1 aliphatic carbocycles. The van der Waals surface area contributed by atoms with Crippen LogP contribution in [-0.4, -0.2) is 24.7 Å². The number of halogens is 3. The predicted octanol–water partition coefficient (Wildman–Crippen LogP) is 1.69. The van der Waals surface area contributed by atoms with Gasteiger partial charge >= 0.3 is 6.18 Å². The number of alkyl halides is 3. The Kier molecular flexibility index (Phi) is 1.56. The SMILES string of the molecule is O=CC12CCC(C(F)(F)F)(C1)OC2. The molecule has 0 amide bonds. The van der Waals surface area contributed by atoms with E-state index >= 15 is 0 Å². The topological polar surface area (TPSA) is 26.3 Å². The summed E-state index contributed by atoms with van der Waals surface area (Å²) >= 11 is 0. The first-order valence-corrected chi connectivity index (χ1v) is 4.10. The van der Waals surface area contributed by atoms with Gasteiger partial charge in [-0.05, 0) is 19.3 Å². The molecule has 0 N–H and O–H groups in total. The lowest BCUT2D eigenvalue weighted by molar-refractivity contribution is -0.265. The van der Waals surface area contributed by atoms with Gasteiger partial charge in [0.25, 0.3) is 0 Å². The van der Waals surface area contributed by atoms with Gasteiger partial charge in [-0.2, -0.15) is 13.2 Å². The number of fused-ring (bicyclic) bond motifs is 2. The minimum Gasteiger partial charge on any atom is -0.364 e. The highest BCUT2D eigenvalue weighted by Gasteiger charge is 2.68. The molecule has 0 aromatic heterocycles. The maximum atomic E-state index is 12.5. The fraction of sp³-hybridized carbons (Fsp3) is 0.875. The van der Waals surface area contributed by atoms with Crippen LogP contribution in [-0.2, 0) is 9.53 Å². The van der Waals surface area contributed by atoms with E-state index in [9.17, 15) is 18.0 Å². The Morgan fingerprint density at radius 3 is 2.23 bits per heavy atom. The van der Waals surface area contributed by atoms with E-state index in [1.165, 1.54) is 0 Å². The van der Waals surface area contributed by atoms with E-state index < -0.39 is 17.2 Å². The van der Waals surface area contributed by atoms with Crippen molar-refractivity contribution >= 4 is 6.29 Å². The summed E-state index contributed by atoms with van der Waals surface area (Å²) in [5.41, 5.74) is -2.87. The highest BCUT2D eigenvalue weighted by molar-refractivity contribution is 5.61. The first-order chi connectivity index (χ1) is 5.93. The second-order valence-electron chi connectivity index (χ2n) is 3.94. The maximum absolute atomic E-state index is 12.5. The molecule has 2 unspecified atom stereocenters. The Morgan fingerprint density at radius 2 is 2.00 bits per heavy atom. The van der Waals surface area contributed by atoms with Gasteiger partial charge in [0.2, 0.25) is 0 Å².